The molecule has 0 bridgehead atoms. The van der Waals surface area contributed by atoms with Crippen LogP contribution in [0.4, 0.5) is 11.4 Å². The largest absolute Gasteiger partial charge is 0.393 e. The maximum Gasteiger partial charge on any atom is 0.313 e. The number of carbonyl (C=O) groups excluding carboxylic acids is 2. The highest BCUT2D eigenvalue weighted by Gasteiger charge is 2.21. The van der Waals surface area contributed by atoms with Crippen molar-refractivity contribution in [3.63, 3.8) is 0 Å². The number of aromatic nitrogens is 6. The average molecular weight is 951 g/mol. The second kappa shape index (κ2) is 18.1. The van der Waals surface area contributed by atoms with E-state index < -0.39 is 32.0 Å². The molecule has 0 radical (unpaired) electrons. The number of benzene rings is 2. The van der Waals surface area contributed by atoms with Crippen LogP contribution in [-0.4, -0.2) is 69.5 Å². The summed E-state index contributed by atoms with van der Waals surface area (Å²) in [5.41, 5.74) is 8.36. The predicted molar refractivity (Wildman–Crippen MR) is 256 cm³/mol. The average Bonchev–Trinajstić information content (AvgIpc) is 4.08. The van der Waals surface area contributed by atoms with E-state index in [4.69, 9.17) is 4.74 Å². The van der Waals surface area contributed by atoms with Gasteiger partial charge in [-0.05, 0) is 131 Å². The number of nitrogens with one attached hydrogen (secondary N) is 2. The number of carbonyl (C=O) groups is 2. The topological polar surface area (TPSA) is 181 Å². The fourth-order valence-corrected chi connectivity index (χ4v) is 10.9. The number of aryl methyl sites for hydroxylation is 6. The van der Waals surface area contributed by atoms with Gasteiger partial charge in [-0.1, -0.05) is 0 Å². The molecule has 6 aromatic heterocycles. The van der Waals surface area contributed by atoms with Crippen LogP contribution in [0.3, 0.4) is 0 Å². The van der Waals surface area contributed by atoms with Crippen molar-refractivity contribution in [1.29, 1.82) is 0 Å². The molecule has 0 aliphatic carbocycles. The molecular weight excluding hydrogens is 905 g/mol. The fourth-order valence-electron chi connectivity index (χ4n) is 7.80. The standard InChI is InChI=1S/C46H46N8O7S4/c1-29-25-33(49-64(5,57)58)7-13-38(29)53-35(9-15-40(53)42-17-18-44(63-42)52-24-22-48-32(52)4)11-19-45(55)61-46(56)20-12-36-10-16-41(43-27-37(28-62-43)51-23-21-47-31(51)3)54(36)39-14-8-34(26-30(39)2)50-65(6,59)60/h7-10,13-18,21-28,49-50H,11-12,19-20H2,1-6H3. The summed E-state index contributed by atoms with van der Waals surface area (Å²) in [5, 5.41) is 3.03. The Labute approximate surface area is 385 Å². The zero-order chi connectivity index (χ0) is 46.2. The van der Waals surface area contributed by atoms with Crippen molar-refractivity contribution >= 4 is 66.0 Å². The van der Waals surface area contributed by atoms with Crippen molar-refractivity contribution in [1.82, 2.24) is 28.2 Å². The van der Waals surface area contributed by atoms with Gasteiger partial charge in [0, 0.05) is 64.3 Å². The van der Waals surface area contributed by atoms with Gasteiger partial charge in [-0.3, -0.25) is 23.6 Å². The summed E-state index contributed by atoms with van der Waals surface area (Å²) in [6, 6.07) is 24.6. The summed E-state index contributed by atoms with van der Waals surface area (Å²) in [6.07, 6.45) is 9.87. The van der Waals surface area contributed by atoms with Gasteiger partial charge in [-0.2, -0.15) is 0 Å². The minimum atomic E-state index is -3.50. The molecule has 0 unspecified atom stereocenters. The lowest BCUT2D eigenvalue weighted by atomic mass is 10.1. The Bertz CT molecular complexity index is 3090. The molecule has 0 atom stereocenters. The van der Waals surface area contributed by atoms with Gasteiger partial charge in [0.05, 0.1) is 52.2 Å². The van der Waals surface area contributed by atoms with E-state index in [2.05, 4.69) is 34.6 Å². The molecule has 0 saturated heterocycles. The fraction of sp³-hybridized carbons (Fsp3) is 0.217. The number of esters is 2. The van der Waals surface area contributed by atoms with Crippen LogP contribution in [0.1, 0.15) is 47.0 Å². The van der Waals surface area contributed by atoms with Crippen molar-refractivity contribution < 1.29 is 31.2 Å². The molecule has 0 aliphatic heterocycles. The first-order chi connectivity index (χ1) is 30.9. The molecular formula is C46H46N8O7S4. The number of sulfonamides is 2. The SMILES string of the molecule is Cc1cc(NS(C)(=O)=O)ccc1-n1c(CCC(=O)OC(=O)CCc2ccc(-c3ccc(-n4ccnc4C)s3)n2-c2ccc(NS(C)(=O)=O)cc2C)ccc1-c1cc(-n2ccnc2C)cs1. The molecule has 8 aromatic rings. The number of imidazole rings is 2. The first-order valence-electron chi connectivity index (χ1n) is 20.4. The third kappa shape index (κ3) is 10.2. The Morgan fingerprint density at radius 3 is 1.62 bits per heavy atom. The van der Waals surface area contributed by atoms with Crippen LogP contribution in [0.5, 0.6) is 0 Å². The summed E-state index contributed by atoms with van der Waals surface area (Å²) in [4.78, 5) is 37.4. The lowest BCUT2D eigenvalue weighted by Gasteiger charge is -2.17. The first-order valence-corrected chi connectivity index (χ1v) is 25.9. The van der Waals surface area contributed by atoms with Gasteiger partial charge in [0.1, 0.15) is 16.6 Å². The molecule has 0 amide bonds. The second-order valence-corrected chi connectivity index (χ2v) is 21.2. The number of nitrogens with zero attached hydrogens (tertiary/aromatic N) is 6. The third-order valence-electron chi connectivity index (χ3n) is 10.7. The molecule has 336 valence electrons. The highest BCUT2D eigenvalue weighted by Crippen LogP contribution is 2.37. The summed E-state index contributed by atoms with van der Waals surface area (Å²) >= 11 is 3.14. The maximum atomic E-state index is 13.4. The Morgan fingerprint density at radius 2 is 1.14 bits per heavy atom. The van der Waals surface area contributed by atoms with E-state index in [1.54, 1.807) is 59.3 Å². The van der Waals surface area contributed by atoms with Crippen LogP contribution >= 0.6 is 22.7 Å². The second-order valence-electron chi connectivity index (χ2n) is 15.7. The third-order valence-corrected chi connectivity index (χ3v) is 13.9. The van der Waals surface area contributed by atoms with Crippen LogP contribution in [0.2, 0.25) is 0 Å². The van der Waals surface area contributed by atoms with Crippen LogP contribution in [0.25, 0.3) is 43.2 Å². The molecule has 19 heteroatoms. The van der Waals surface area contributed by atoms with E-state index in [-0.39, 0.29) is 25.7 Å². The Hall–Kier alpha value is -6.54. The summed E-state index contributed by atoms with van der Waals surface area (Å²) < 4.78 is 66.6. The molecule has 0 aliphatic rings. The Morgan fingerprint density at radius 1 is 0.631 bits per heavy atom. The summed E-state index contributed by atoms with van der Waals surface area (Å²) in [6.45, 7) is 7.65. The zero-order valence-electron chi connectivity index (χ0n) is 36.4. The van der Waals surface area contributed by atoms with Gasteiger partial charge in [0.25, 0.3) is 0 Å². The van der Waals surface area contributed by atoms with E-state index in [1.165, 1.54) is 0 Å². The highest BCUT2D eigenvalue weighted by atomic mass is 32.2. The minimum Gasteiger partial charge on any atom is -0.393 e. The number of thiophene rings is 2. The molecule has 6 heterocycles. The van der Waals surface area contributed by atoms with E-state index in [1.807, 2.05) is 103 Å². The number of hydrogen-bond donors (Lipinski definition) is 2. The minimum absolute atomic E-state index is 0.0729. The number of hydrogen-bond acceptors (Lipinski definition) is 11. The van der Waals surface area contributed by atoms with Crippen LogP contribution in [-0.2, 0) is 47.2 Å². The van der Waals surface area contributed by atoms with Gasteiger partial charge in [-0.15, -0.1) is 22.7 Å². The Balaban J connectivity index is 1.01. The van der Waals surface area contributed by atoms with Gasteiger partial charge in [0.2, 0.25) is 20.0 Å². The highest BCUT2D eigenvalue weighted by molar-refractivity contribution is 7.92. The molecule has 0 saturated carbocycles. The lowest BCUT2D eigenvalue weighted by molar-refractivity contribution is -0.159. The number of rotatable bonds is 16. The predicted octanol–water partition coefficient (Wildman–Crippen LogP) is 8.71. The summed E-state index contributed by atoms with van der Waals surface area (Å²) in [5.74, 6) is 0.377. The smallest absolute Gasteiger partial charge is 0.313 e. The van der Waals surface area contributed by atoms with Crippen molar-refractivity contribution in [2.45, 2.75) is 53.4 Å². The molecule has 2 aromatic carbocycles. The van der Waals surface area contributed by atoms with Crippen LogP contribution in [0.15, 0.2) is 109 Å². The molecule has 0 spiro atoms. The molecule has 65 heavy (non-hydrogen) atoms. The van der Waals surface area contributed by atoms with Crippen molar-refractivity contribution in [2.24, 2.45) is 0 Å². The summed E-state index contributed by atoms with van der Waals surface area (Å²) in [7, 11) is -6.99. The molecule has 15 nitrogen and oxygen atoms in total. The monoisotopic (exact) mass is 950 g/mol. The van der Waals surface area contributed by atoms with Crippen LogP contribution in [0, 0.1) is 27.7 Å². The van der Waals surface area contributed by atoms with Crippen molar-refractivity contribution in [3.8, 4) is 43.2 Å². The van der Waals surface area contributed by atoms with Crippen molar-refractivity contribution in [2.75, 3.05) is 22.0 Å². The van der Waals surface area contributed by atoms with E-state index in [0.29, 0.717) is 11.4 Å². The lowest BCUT2D eigenvalue weighted by Crippen LogP contribution is -2.15. The van der Waals surface area contributed by atoms with Gasteiger partial charge >= 0.3 is 11.9 Å². The normalized spacial score (nSPS) is 11.8. The maximum absolute atomic E-state index is 13.4. The number of ether oxygens (including phenoxy) is 1. The quantitative estimate of drug-likeness (QED) is 0.0707. The van der Waals surface area contributed by atoms with E-state index >= 15 is 0 Å². The Kier molecular flexibility index (Phi) is 12.6. The number of anilines is 2. The van der Waals surface area contributed by atoms with Crippen molar-refractivity contribution in [3.05, 3.63) is 143 Å². The van der Waals surface area contributed by atoms with Gasteiger partial charge < -0.3 is 18.4 Å². The van der Waals surface area contributed by atoms with E-state index in [9.17, 15) is 26.4 Å². The molecule has 0 fully saturated rings. The van der Waals surface area contributed by atoms with E-state index in [0.717, 1.165) is 89.9 Å². The molecule has 8 rings (SSSR count). The first kappa shape index (κ1) is 45.0. The zero-order valence-corrected chi connectivity index (χ0v) is 39.7. The van der Waals surface area contributed by atoms with Gasteiger partial charge in [0.15, 0.2) is 0 Å². The van der Waals surface area contributed by atoms with Crippen LogP contribution < -0.4 is 9.44 Å². The van der Waals surface area contributed by atoms with Gasteiger partial charge in [-0.25, -0.2) is 26.8 Å². The molecule has 2 N–H and O–H groups in total.